The molecule has 0 bridgehead atoms. The van der Waals surface area contributed by atoms with Crippen molar-refractivity contribution in [2.45, 2.75) is 18.8 Å². The Morgan fingerprint density at radius 3 is 2.15 bits per heavy atom. The monoisotopic (exact) mass is 273 g/mol. The Morgan fingerprint density at radius 1 is 1.15 bits per heavy atom. The molecule has 1 heterocycles. The number of azide groups is 1. The van der Waals surface area contributed by atoms with Crippen molar-refractivity contribution in [1.29, 1.82) is 0 Å². The van der Waals surface area contributed by atoms with Gasteiger partial charge in [-0.3, -0.25) is 20.2 Å². The van der Waals surface area contributed by atoms with Crippen molar-refractivity contribution in [2.75, 3.05) is 0 Å². The van der Waals surface area contributed by atoms with Crippen molar-refractivity contribution < 1.29 is 14.4 Å². The first kappa shape index (κ1) is 13.6. The van der Waals surface area contributed by atoms with Crippen molar-refractivity contribution in [2.24, 2.45) is 5.11 Å². The van der Waals surface area contributed by atoms with Gasteiger partial charge in [0.05, 0.1) is 0 Å². The fraction of sp³-hybridized carbons (Fsp3) is 0.250. The molecule has 1 aromatic rings. The van der Waals surface area contributed by atoms with Crippen LogP contribution in [0.2, 0.25) is 0 Å². The summed E-state index contributed by atoms with van der Waals surface area (Å²) in [4.78, 5) is 38.0. The van der Waals surface area contributed by atoms with Crippen LogP contribution in [0.25, 0.3) is 10.4 Å². The van der Waals surface area contributed by atoms with Crippen LogP contribution in [-0.4, -0.2) is 17.8 Å². The molecule has 1 aromatic carbocycles. The van der Waals surface area contributed by atoms with Crippen LogP contribution in [0.15, 0.2) is 29.4 Å². The van der Waals surface area contributed by atoms with Gasteiger partial charge in [0.15, 0.2) is 5.41 Å². The van der Waals surface area contributed by atoms with E-state index in [9.17, 15) is 14.4 Å². The minimum absolute atomic E-state index is 0.193. The summed E-state index contributed by atoms with van der Waals surface area (Å²) in [6, 6.07) is 5.24. The van der Waals surface area contributed by atoms with Gasteiger partial charge in [0, 0.05) is 10.6 Å². The lowest BCUT2D eigenvalue weighted by Crippen LogP contribution is -2.64. The summed E-state index contributed by atoms with van der Waals surface area (Å²) in [5.41, 5.74) is 7.69. The summed E-state index contributed by atoms with van der Waals surface area (Å²) in [7, 11) is 0. The maximum atomic E-state index is 12.1. The van der Waals surface area contributed by atoms with Gasteiger partial charge in [-0.2, -0.15) is 0 Å². The van der Waals surface area contributed by atoms with Crippen LogP contribution >= 0.6 is 0 Å². The van der Waals surface area contributed by atoms with Crippen molar-refractivity contribution in [3.05, 3.63) is 40.3 Å². The number of carbonyl (C=O) groups excluding carboxylic acids is 3. The molecule has 0 spiro atoms. The molecule has 4 amide bonds. The van der Waals surface area contributed by atoms with E-state index >= 15 is 0 Å². The predicted octanol–water partition coefficient (Wildman–Crippen LogP) is 1.64. The van der Waals surface area contributed by atoms with E-state index in [0.717, 1.165) is 0 Å². The highest BCUT2D eigenvalue weighted by molar-refractivity contribution is 6.22. The van der Waals surface area contributed by atoms with Crippen molar-refractivity contribution >= 4 is 23.5 Å². The number of urea groups is 1. The Hall–Kier alpha value is -2.86. The molecule has 1 aliphatic rings. The summed E-state index contributed by atoms with van der Waals surface area (Å²) in [6.45, 7) is 1.68. The van der Waals surface area contributed by atoms with Crippen LogP contribution in [0.1, 0.15) is 18.9 Å². The van der Waals surface area contributed by atoms with E-state index in [2.05, 4.69) is 20.7 Å². The summed E-state index contributed by atoms with van der Waals surface area (Å²) >= 11 is 0. The lowest BCUT2D eigenvalue weighted by molar-refractivity contribution is -0.138. The van der Waals surface area contributed by atoms with E-state index in [1.165, 1.54) is 24.3 Å². The number of benzene rings is 1. The fourth-order valence-electron chi connectivity index (χ4n) is 2.21. The minimum atomic E-state index is -1.46. The standard InChI is InChI=1S/C12H11N5O3/c1-2-12(9(18)14-11(20)15-10(12)19)7-3-5-8(6-4-7)16-17-13/h3-6H,2H2,1H3,(H2,14,15,18,19,20). The highest BCUT2D eigenvalue weighted by Gasteiger charge is 2.50. The van der Waals surface area contributed by atoms with E-state index in [4.69, 9.17) is 5.53 Å². The first-order valence-corrected chi connectivity index (χ1v) is 5.87. The Morgan fingerprint density at radius 2 is 1.70 bits per heavy atom. The molecule has 0 aliphatic carbocycles. The van der Waals surface area contributed by atoms with Crippen LogP contribution in [0.3, 0.4) is 0 Å². The van der Waals surface area contributed by atoms with E-state index in [0.29, 0.717) is 11.3 Å². The van der Waals surface area contributed by atoms with Crippen molar-refractivity contribution in [1.82, 2.24) is 10.6 Å². The summed E-state index contributed by atoms with van der Waals surface area (Å²) in [5, 5.41) is 7.61. The highest BCUT2D eigenvalue weighted by atomic mass is 16.2. The molecule has 0 radical (unpaired) electrons. The van der Waals surface area contributed by atoms with Crippen LogP contribution in [0.4, 0.5) is 10.5 Å². The topological polar surface area (TPSA) is 124 Å². The van der Waals surface area contributed by atoms with Crippen LogP contribution < -0.4 is 10.6 Å². The second-order valence-electron chi connectivity index (χ2n) is 4.23. The van der Waals surface area contributed by atoms with Crippen molar-refractivity contribution in [3.63, 3.8) is 0 Å². The number of hydrogen-bond acceptors (Lipinski definition) is 4. The second kappa shape index (κ2) is 5.02. The molecule has 1 fully saturated rings. The summed E-state index contributed by atoms with van der Waals surface area (Å²) in [6.07, 6.45) is 0.193. The molecule has 8 heteroatoms. The average molecular weight is 273 g/mol. The molecule has 1 aliphatic heterocycles. The Labute approximate surface area is 113 Å². The van der Waals surface area contributed by atoms with Gasteiger partial charge in [-0.05, 0) is 17.5 Å². The lowest BCUT2D eigenvalue weighted by atomic mass is 9.75. The molecule has 2 N–H and O–H groups in total. The second-order valence-corrected chi connectivity index (χ2v) is 4.23. The smallest absolute Gasteiger partial charge is 0.277 e. The van der Waals surface area contributed by atoms with Crippen molar-refractivity contribution in [3.8, 4) is 0 Å². The average Bonchev–Trinajstić information content (AvgIpc) is 2.41. The quantitative estimate of drug-likeness (QED) is 0.376. The third-order valence-corrected chi connectivity index (χ3v) is 3.28. The van der Waals surface area contributed by atoms with Gasteiger partial charge >= 0.3 is 6.03 Å². The number of imide groups is 2. The molecule has 20 heavy (non-hydrogen) atoms. The molecule has 0 unspecified atom stereocenters. The van der Waals surface area contributed by atoms with Gasteiger partial charge in [-0.25, -0.2) is 4.79 Å². The maximum Gasteiger partial charge on any atom is 0.328 e. The Bertz CT molecular complexity index is 611. The number of carbonyl (C=O) groups is 3. The minimum Gasteiger partial charge on any atom is -0.277 e. The van der Waals surface area contributed by atoms with E-state index in [1.54, 1.807) is 6.92 Å². The van der Waals surface area contributed by atoms with Crippen LogP contribution in [0, 0.1) is 0 Å². The van der Waals surface area contributed by atoms with E-state index in [1.807, 2.05) is 0 Å². The summed E-state index contributed by atoms with van der Waals surface area (Å²) < 4.78 is 0. The van der Waals surface area contributed by atoms with E-state index < -0.39 is 23.3 Å². The van der Waals surface area contributed by atoms with Crippen LogP contribution in [0.5, 0.6) is 0 Å². The number of amides is 4. The predicted molar refractivity (Wildman–Crippen MR) is 68.9 cm³/mol. The largest absolute Gasteiger partial charge is 0.328 e. The summed E-state index contributed by atoms with van der Waals surface area (Å²) in [5.74, 6) is -1.32. The zero-order valence-corrected chi connectivity index (χ0v) is 10.6. The fourth-order valence-corrected chi connectivity index (χ4v) is 2.21. The Balaban J connectivity index is 2.49. The molecular weight excluding hydrogens is 262 g/mol. The first-order valence-electron chi connectivity index (χ1n) is 5.87. The highest BCUT2D eigenvalue weighted by Crippen LogP contribution is 2.31. The molecule has 2 rings (SSSR count). The molecule has 8 nitrogen and oxygen atoms in total. The normalized spacial score (nSPS) is 16.9. The van der Waals surface area contributed by atoms with Gasteiger partial charge in [-0.15, -0.1) is 0 Å². The molecule has 0 saturated carbocycles. The van der Waals surface area contributed by atoms with Gasteiger partial charge in [-0.1, -0.05) is 36.3 Å². The lowest BCUT2D eigenvalue weighted by Gasteiger charge is -2.33. The Kier molecular flexibility index (Phi) is 3.41. The SMILES string of the molecule is CCC1(c2ccc(N=[N+]=[N-])cc2)C(=O)NC(=O)NC1=O. The third kappa shape index (κ3) is 1.98. The number of nitrogens with one attached hydrogen (secondary N) is 2. The number of nitrogens with zero attached hydrogens (tertiary/aromatic N) is 3. The zero-order chi connectivity index (χ0) is 14.8. The molecule has 102 valence electrons. The number of barbiturate groups is 1. The third-order valence-electron chi connectivity index (χ3n) is 3.28. The van der Waals surface area contributed by atoms with E-state index in [-0.39, 0.29) is 6.42 Å². The molecule has 0 atom stereocenters. The number of hydrogen-bond donors (Lipinski definition) is 2. The molecule has 1 saturated heterocycles. The number of rotatable bonds is 3. The van der Waals surface area contributed by atoms with Gasteiger partial charge in [0.25, 0.3) is 0 Å². The molecule has 0 aromatic heterocycles. The van der Waals surface area contributed by atoms with Gasteiger partial charge in [0.1, 0.15) is 0 Å². The van der Waals surface area contributed by atoms with Gasteiger partial charge < -0.3 is 0 Å². The van der Waals surface area contributed by atoms with Crippen LogP contribution in [-0.2, 0) is 15.0 Å². The molecular formula is C12H11N5O3. The van der Waals surface area contributed by atoms with Gasteiger partial charge in [0.2, 0.25) is 11.8 Å². The zero-order valence-electron chi connectivity index (χ0n) is 10.6. The first-order chi connectivity index (χ1) is 9.54. The maximum absolute atomic E-state index is 12.1.